The molecule has 1 atom stereocenters. The number of morpholine rings is 1. The zero-order valence-electron chi connectivity index (χ0n) is 10.1. The van der Waals surface area contributed by atoms with Crippen molar-refractivity contribution in [3.8, 4) is 0 Å². The van der Waals surface area contributed by atoms with Crippen LogP contribution in [-0.2, 0) is 9.53 Å². The lowest BCUT2D eigenvalue weighted by Gasteiger charge is -2.32. The monoisotopic (exact) mass is 249 g/mol. The number of rotatable bonds is 2. The largest absolute Gasteiger partial charge is 0.365 e. The molecule has 6 heteroatoms. The van der Waals surface area contributed by atoms with E-state index in [-0.39, 0.29) is 18.4 Å². The smallest absolute Gasteiger partial charge is 0.254 e. The first-order valence-electron chi connectivity index (χ1n) is 5.75. The molecule has 2 heterocycles. The third-order valence-electron chi connectivity index (χ3n) is 2.82. The van der Waals surface area contributed by atoms with Crippen molar-refractivity contribution in [2.24, 2.45) is 0 Å². The third kappa shape index (κ3) is 2.65. The standard InChI is InChI=1S/C12H15N3O3/c1-13-11(16)10-8-15(6-7-18-10)12(17)9-2-4-14-5-3-9/h2-5,10H,6-8H2,1H3,(H,13,16). The zero-order chi connectivity index (χ0) is 13.0. The summed E-state index contributed by atoms with van der Waals surface area (Å²) in [4.78, 5) is 29.1. The lowest BCUT2D eigenvalue weighted by molar-refractivity contribution is -0.136. The van der Waals surface area contributed by atoms with Gasteiger partial charge in [-0.05, 0) is 12.1 Å². The number of nitrogens with one attached hydrogen (secondary N) is 1. The van der Waals surface area contributed by atoms with Gasteiger partial charge in [-0.15, -0.1) is 0 Å². The Bertz CT molecular complexity index is 435. The predicted octanol–water partition coefficient (Wildman–Crippen LogP) is -0.331. The lowest BCUT2D eigenvalue weighted by Crippen LogP contribution is -2.51. The molecule has 0 radical (unpaired) electrons. The van der Waals surface area contributed by atoms with E-state index in [2.05, 4.69) is 10.3 Å². The Balaban J connectivity index is 2.05. The highest BCUT2D eigenvalue weighted by molar-refractivity contribution is 5.94. The number of nitrogens with zero attached hydrogens (tertiary/aromatic N) is 2. The van der Waals surface area contributed by atoms with Gasteiger partial charge in [0.25, 0.3) is 11.8 Å². The predicted molar refractivity (Wildman–Crippen MR) is 63.9 cm³/mol. The van der Waals surface area contributed by atoms with Crippen molar-refractivity contribution in [1.82, 2.24) is 15.2 Å². The molecule has 96 valence electrons. The molecule has 1 aliphatic heterocycles. The summed E-state index contributed by atoms with van der Waals surface area (Å²) in [6, 6.07) is 3.32. The highest BCUT2D eigenvalue weighted by atomic mass is 16.5. The minimum Gasteiger partial charge on any atom is -0.365 e. The average Bonchev–Trinajstić information content (AvgIpc) is 2.46. The van der Waals surface area contributed by atoms with Crippen molar-refractivity contribution >= 4 is 11.8 Å². The van der Waals surface area contributed by atoms with E-state index in [1.54, 1.807) is 36.5 Å². The van der Waals surface area contributed by atoms with Crippen LogP contribution < -0.4 is 5.32 Å². The van der Waals surface area contributed by atoms with Crippen LogP contribution in [0, 0.1) is 0 Å². The molecule has 2 amide bonds. The highest BCUT2D eigenvalue weighted by Gasteiger charge is 2.28. The van der Waals surface area contributed by atoms with Crippen LogP contribution in [-0.4, -0.2) is 54.5 Å². The minimum absolute atomic E-state index is 0.102. The maximum absolute atomic E-state index is 12.2. The number of pyridine rings is 1. The SMILES string of the molecule is CNC(=O)C1CN(C(=O)c2ccncc2)CCO1. The summed E-state index contributed by atoms with van der Waals surface area (Å²) in [5.74, 6) is -0.308. The number of hydrogen-bond acceptors (Lipinski definition) is 4. The molecule has 1 unspecified atom stereocenters. The molecule has 0 aliphatic carbocycles. The van der Waals surface area contributed by atoms with Crippen LogP contribution in [0.5, 0.6) is 0 Å². The number of likely N-dealkylation sites (N-methyl/N-ethyl adjacent to an activating group) is 1. The number of carbonyl (C=O) groups excluding carboxylic acids is 2. The Morgan fingerprint density at radius 1 is 1.44 bits per heavy atom. The van der Waals surface area contributed by atoms with Gasteiger partial charge in [-0.2, -0.15) is 0 Å². The summed E-state index contributed by atoms with van der Waals surface area (Å²) in [5, 5.41) is 2.52. The van der Waals surface area contributed by atoms with E-state index < -0.39 is 6.10 Å². The highest BCUT2D eigenvalue weighted by Crippen LogP contribution is 2.10. The van der Waals surface area contributed by atoms with Gasteiger partial charge in [0.15, 0.2) is 6.10 Å². The molecule has 1 aromatic rings. The van der Waals surface area contributed by atoms with Crippen molar-refractivity contribution in [2.45, 2.75) is 6.10 Å². The van der Waals surface area contributed by atoms with Gasteiger partial charge < -0.3 is 15.0 Å². The molecule has 0 bridgehead atoms. The second kappa shape index (κ2) is 5.59. The van der Waals surface area contributed by atoms with E-state index in [4.69, 9.17) is 4.74 Å². The Morgan fingerprint density at radius 2 is 2.17 bits per heavy atom. The van der Waals surface area contributed by atoms with Crippen LogP contribution in [0.15, 0.2) is 24.5 Å². The number of ether oxygens (including phenoxy) is 1. The topological polar surface area (TPSA) is 71.5 Å². The van der Waals surface area contributed by atoms with E-state index in [1.165, 1.54) is 0 Å². The van der Waals surface area contributed by atoms with Gasteiger partial charge in [-0.25, -0.2) is 0 Å². The first-order chi connectivity index (χ1) is 8.72. The van der Waals surface area contributed by atoms with Crippen LogP contribution in [0.3, 0.4) is 0 Å². The molecule has 0 aromatic carbocycles. The van der Waals surface area contributed by atoms with Gasteiger partial charge in [0, 0.05) is 31.5 Å². The van der Waals surface area contributed by atoms with E-state index in [9.17, 15) is 9.59 Å². The van der Waals surface area contributed by atoms with Crippen LogP contribution in [0.4, 0.5) is 0 Å². The summed E-state index contributed by atoms with van der Waals surface area (Å²) in [7, 11) is 1.55. The first kappa shape index (κ1) is 12.5. The maximum Gasteiger partial charge on any atom is 0.254 e. The van der Waals surface area contributed by atoms with Crippen LogP contribution >= 0.6 is 0 Å². The molecular formula is C12H15N3O3. The van der Waals surface area contributed by atoms with Crippen molar-refractivity contribution in [2.75, 3.05) is 26.7 Å². The molecule has 1 saturated heterocycles. The van der Waals surface area contributed by atoms with Crippen LogP contribution in [0.2, 0.25) is 0 Å². The Kier molecular flexibility index (Phi) is 3.88. The second-order valence-corrected chi connectivity index (χ2v) is 3.96. The summed E-state index contributed by atoms with van der Waals surface area (Å²) >= 11 is 0. The van der Waals surface area contributed by atoms with Crippen molar-refractivity contribution < 1.29 is 14.3 Å². The van der Waals surface area contributed by atoms with Crippen LogP contribution in [0.1, 0.15) is 10.4 Å². The zero-order valence-corrected chi connectivity index (χ0v) is 10.1. The number of carbonyl (C=O) groups is 2. The minimum atomic E-state index is -0.588. The molecule has 2 rings (SSSR count). The fraction of sp³-hybridized carbons (Fsp3) is 0.417. The summed E-state index contributed by atoms with van der Waals surface area (Å²) < 4.78 is 5.33. The fourth-order valence-electron chi connectivity index (χ4n) is 1.83. The Morgan fingerprint density at radius 3 is 2.83 bits per heavy atom. The van der Waals surface area contributed by atoms with Gasteiger partial charge in [0.2, 0.25) is 0 Å². The van der Waals surface area contributed by atoms with E-state index in [0.717, 1.165) is 0 Å². The average molecular weight is 249 g/mol. The quantitative estimate of drug-likeness (QED) is 0.779. The molecule has 1 aliphatic rings. The Hall–Kier alpha value is -1.95. The second-order valence-electron chi connectivity index (χ2n) is 3.96. The summed E-state index contributed by atoms with van der Waals surface area (Å²) in [6.07, 6.45) is 2.56. The van der Waals surface area contributed by atoms with Crippen LogP contribution in [0.25, 0.3) is 0 Å². The normalized spacial score (nSPS) is 19.4. The van der Waals surface area contributed by atoms with E-state index in [0.29, 0.717) is 18.7 Å². The Labute approximate surface area is 105 Å². The van der Waals surface area contributed by atoms with Crippen molar-refractivity contribution in [3.05, 3.63) is 30.1 Å². The molecule has 18 heavy (non-hydrogen) atoms. The molecular weight excluding hydrogens is 234 g/mol. The van der Waals surface area contributed by atoms with Gasteiger partial charge in [0.1, 0.15) is 0 Å². The summed E-state index contributed by atoms with van der Waals surface area (Å²) in [6.45, 7) is 1.14. The third-order valence-corrected chi connectivity index (χ3v) is 2.82. The van der Waals surface area contributed by atoms with Gasteiger partial charge in [-0.1, -0.05) is 0 Å². The number of amides is 2. The molecule has 0 saturated carbocycles. The molecule has 0 spiro atoms. The fourth-order valence-corrected chi connectivity index (χ4v) is 1.83. The maximum atomic E-state index is 12.2. The molecule has 1 aromatic heterocycles. The summed E-state index contributed by atoms with van der Waals surface area (Å²) in [5.41, 5.74) is 0.572. The van der Waals surface area contributed by atoms with Crippen molar-refractivity contribution in [1.29, 1.82) is 0 Å². The van der Waals surface area contributed by atoms with E-state index >= 15 is 0 Å². The lowest BCUT2D eigenvalue weighted by atomic mass is 10.2. The number of hydrogen-bond donors (Lipinski definition) is 1. The van der Waals surface area contributed by atoms with Gasteiger partial charge in [0.05, 0.1) is 13.2 Å². The van der Waals surface area contributed by atoms with Crippen molar-refractivity contribution in [3.63, 3.8) is 0 Å². The van der Waals surface area contributed by atoms with Gasteiger partial charge in [-0.3, -0.25) is 14.6 Å². The molecule has 1 fully saturated rings. The number of aromatic nitrogens is 1. The van der Waals surface area contributed by atoms with Gasteiger partial charge >= 0.3 is 0 Å². The first-order valence-corrected chi connectivity index (χ1v) is 5.75. The molecule has 1 N–H and O–H groups in total. The molecule has 6 nitrogen and oxygen atoms in total. The van der Waals surface area contributed by atoms with E-state index in [1.807, 2.05) is 0 Å².